The molecule has 29 heavy (non-hydrogen) atoms. The number of nitrogens with zero attached hydrogens (tertiary/aromatic N) is 1. The molecule has 4 aromatic rings. The van der Waals surface area contributed by atoms with Gasteiger partial charge in [-0.1, -0.05) is 48.5 Å². The molecule has 0 aliphatic heterocycles. The first-order chi connectivity index (χ1) is 14.2. The lowest BCUT2D eigenvalue weighted by Crippen LogP contribution is -2.17. The normalized spacial score (nSPS) is 12.2. The molecule has 1 aromatic heterocycles. The number of aryl methyl sites for hydroxylation is 1. The van der Waals surface area contributed by atoms with Gasteiger partial charge in [-0.3, -0.25) is 0 Å². The Balaban J connectivity index is 1.65. The van der Waals surface area contributed by atoms with Crippen molar-refractivity contribution in [2.75, 3.05) is 7.11 Å². The topological polar surface area (TPSA) is 26.2 Å². The van der Waals surface area contributed by atoms with E-state index in [1.165, 1.54) is 33.2 Å². The van der Waals surface area contributed by atoms with Gasteiger partial charge in [0.05, 0.1) is 7.11 Å². The zero-order chi connectivity index (χ0) is 20.2. The van der Waals surface area contributed by atoms with Crippen LogP contribution in [0.15, 0.2) is 79.0 Å². The van der Waals surface area contributed by atoms with E-state index in [0.29, 0.717) is 6.04 Å². The van der Waals surface area contributed by atoms with Crippen molar-refractivity contribution in [2.24, 2.45) is 0 Å². The number of hydrogen-bond donors (Lipinski definition) is 1. The highest BCUT2D eigenvalue weighted by molar-refractivity contribution is 5.96. The molecular formula is C26H28N2O. The molecule has 3 heteroatoms. The lowest BCUT2D eigenvalue weighted by atomic mass is 10.0. The SMILES string of the molecule is CCn1cc(-c2cccc(OC)c2)c2cc(CN[C@H](C)c3ccccc3)ccc21. The first-order valence-corrected chi connectivity index (χ1v) is 10.2. The third-order valence-corrected chi connectivity index (χ3v) is 5.58. The predicted octanol–water partition coefficient (Wildman–Crippen LogP) is 6.19. The predicted molar refractivity (Wildman–Crippen MR) is 121 cm³/mol. The Morgan fingerprint density at radius 1 is 0.966 bits per heavy atom. The second-order valence-electron chi connectivity index (χ2n) is 7.43. The maximum atomic E-state index is 5.44. The zero-order valence-corrected chi connectivity index (χ0v) is 17.4. The van der Waals surface area contributed by atoms with Crippen molar-refractivity contribution in [1.82, 2.24) is 9.88 Å². The first kappa shape index (κ1) is 19.3. The molecule has 1 N–H and O–H groups in total. The highest BCUT2D eigenvalue weighted by atomic mass is 16.5. The number of fused-ring (bicyclic) bond motifs is 1. The fraction of sp³-hybridized carbons (Fsp3) is 0.231. The number of aromatic nitrogens is 1. The summed E-state index contributed by atoms with van der Waals surface area (Å²) in [5.74, 6) is 0.884. The third-order valence-electron chi connectivity index (χ3n) is 5.58. The van der Waals surface area contributed by atoms with E-state index in [0.717, 1.165) is 18.8 Å². The van der Waals surface area contributed by atoms with E-state index in [9.17, 15) is 0 Å². The smallest absolute Gasteiger partial charge is 0.119 e. The minimum Gasteiger partial charge on any atom is -0.497 e. The van der Waals surface area contributed by atoms with Gasteiger partial charge in [-0.15, -0.1) is 0 Å². The van der Waals surface area contributed by atoms with Crippen LogP contribution in [0.3, 0.4) is 0 Å². The molecule has 4 rings (SSSR count). The Hall–Kier alpha value is -3.04. The lowest BCUT2D eigenvalue weighted by molar-refractivity contribution is 0.415. The van der Waals surface area contributed by atoms with Crippen LogP contribution in [-0.4, -0.2) is 11.7 Å². The van der Waals surface area contributed by atoms with E-state index in [1.807, 2.05) is 6.07 Å². The summed E-state index contributed by atoms with van der Waals surface area (Å²) in [5, 5.41) is 4.94. The molecule has 0 saturated carbocycles. The van der Waals surface area contributed by atoms with E-state index in [1.54, 1.807) is 7.11 Å². The zero-order valence-electron chi connectivity index (χ0n) is 17.4. The van der Waals surface area contributed by atoms with Crippen molar-refractivity contribution in [3.63, 3.8) is 0 Å². The van der Waals surface area contributed by atoms with Crippen molar-refractivity contribution in [3.05, 3.63) is 90.1 Å². The van der Waals surface area contributed by atoms with Gasteiger partial charge in [-0.25, -0.2) is 0 Å². The Kier molecular flexibility index (Phi) is 5.68. The molecule has 148 valence electrons. The lowest BCUT2D eigenvalue weighted by Gasteiger charge is -2.14. The molecule has 0 unspecified atom stereocenters. The molecule has 0 amide bonds. The Morgan fingerprint density at radius 3 is 2.55 bits per heavy atom. The average molecular weight is 385 g/mol. The molecule has 1 atom stereocenters. The molecule has 0 aliphatic rings. The number of nitrogens with one attached hydrogen (secondary N) is 1. The summed E-state index contributed by atoms with van der Waals surface area (Å²) in [7, 11) is 1.71. The average Bonchev–Trinajstić information content (AvgIpc) is 3.16. The van der Waals surface area contributed by atoms with Crippen LogP contribution in [0.2, 0.25) is 0 Å². The van der Waals surface area contributed by atoms with Gasteiger partial charge in [-0.2, -0.15) is 0 Å². The van der Waals surface area contributed by atoms with Crippen LogP contribution in [0.5, 0.6) is 5.75 Å². The number of rotatable bonds is 7. The number of ether oxygens (including phenoxy) is 1. The first-order valence-electron chi connectivity index (χ1n) is 10.2. The van der Waals surface area contributed by atoms with E-state index < -0.39 is 0 Å². The Morgan fingerprint density at radius 2 is 1.79 bits per heavy atom. The molecule has 0 bridgehead atoms. The molecular weight excluding hydrogens is 356 g/mol. The summed E-state index contributed by atoms with van der Waals surface area (Å²) in [5.41, 5.74) is 6.30. The van der Waals surface area contributed by atoms with Crippen LogP contribution >= 0.6 is 0 Å². The second kappa shape index (κ2) is 8.54. The van der Waals surface area contributed by atoms with E-state index in [2.05, 4.69) is 96.7 Å². The summed E-state index contributed by atoms with van der Waals surface area (Å²) in [6.45, 7) is 6.18. The standard InChI is InChI=1S/C26H28N2O/c1-4-28-18-25(22-11-8-12-23(16-22)29-3)24-15-20(13-14-26(24)28)17-27-19(2)21-9-6-5-7-10-21/h5-16,18-19,27H,4,17H2,1-3H3/t19-/m1/s1. The van der Waals surface area contributed by atoms with Crippen LogP contribution < -0.4 is 10.1 Å². The summed E-state index contributed by atoms with van der Waals surface area (Å²) in [4.78, 5) is 0. The highest BCUT2D eigenvalue weighted by Gasteiger charge is 2.12. The molecule has 0 aliphatic carbocycles. The summed E-state index contributed by atoms with van der Waals surface area (Å²) < 4.78 is 7.75. The van der Waals surface area contributed by atoms with Gasteiger partial charge in [0.25, 0.3) is 0 Å². The Labute approximate surface area is 172 Å². The molecule has 1 heterocycles. The van der Waals surface area contributed by atoms with Crippen molar-refractivity contribution < 1.29 is 4.74 Å². The van der Waals surface area contributed by atoms with Crippen LogP contribution in [0.4, 0.5) is 0 Å². The summed E-state index contributed by atoms with van der Waals surface area (Å²) in [6.07, 6.45) is 2.25. The third kappa shape index (κ3) is 4.06. The van der Waals surface area contributed by atoms with Crippen molar-refractivity contribution in [2.45, 2.75) is 33.0 Å². The number of benzene rings is 3. The Bertz CT molecular complexity index is 1100. The minimum atomic E-state index is 0.310. The van der Waals surface area contributed by atoms with Gasteiger partial charge in [0, 0.05) is 41.8 Å². The van der Waals surface area contributed by atoms with E-state index in [4.69, 9.17) is 4.74 Å². The minimum absolute atomic E-state index is 0.310. The molecule has 3 aromatic carbocycles. The summed E-state index contributed by atoms with van der Waals surface area (Å²) >= 11 is 0. The fourth-order valence-electron chi connectivity index (χ4n) is 3.87. The van der Waals surface area contributed by atoms with Gasteiger partial charge >= 0.3 is 0 Å². The number of methoxy groups -OCH3 is 1. The second-order valence-corrected chi connectivity index (χ2v) is 7.43. The van der Waals surface area contributed by atoms with Gasteiger partial charge in [0.1, 0.15) is 5.75 Å². The van der Waals surface area contributed by atoms with Crippen molar-refractivity contribution >= 4 is 10.9 Å². The van der Waals surface area contributed by atoms with Crippen LogP contribution in [0.1, 0.15) is 31.0 Å². The molecule has 3 nitrogen and oxygen atoms in total. The fourth-order valence-corrected chi connectivity index (χ4v) is 3.87. The molecule has 0 spiro atoms. The highest BCUT2D eigenvalue weighted by Crippen LogP contribution is 2.33. The quantitative estimate of drug-likeness (QED) is 0.411. The van der Waals surface area contributed by atoms with Crippen molar-refractivity contribution in [1.29, 1.82) is 0 Å². The molecule has 0 radical (unpaired) electrons. The van der Waals surface area contributed by atoms with E-state index in [-0.39, 0.29) is 0 Å². The van der Waals surface area contributed by atoms with Gasteiger partial charge in [-0.05, 0) is 54.8 Å². The molecule has 0 fully saturated rings. The monoisotopic (exact) mass is 384 g/mol. The van der Waals surface area contributed by atoms with E-state index >= 15 is 0 Å². The maximum absolute atomic E-state index is 5.44. The van der Waals surface area contributed by atoms with Crippen LogP contribution in [-0.2, 0) is 13.1 Å². The maximum Gasteiger partial charge on any atom is 0.119 e. The number of hydrogen-bond acceptors (Lipinski definition) is 2. The molecule has 0 saturated heterocycles. The van der Waals surface area contributed by atoms with Gasteiger partial charge < -0.3 is 14.6 Å². The van der Waals surface area contributed by atoms with Gasteiger partial charge in [0.15, 0.2) is 0 Å². The van der Waals surface area contributed by atoms with Crippen LogP contribution in [0, 0.1) is 0 Å². The van der Waals surface area contributed by atoms with Crippen molar-refractivity contribution in [3.8, 4) is 16.9 Å². The van der Waals surface area contributed by atoms with Gasteiger partial charge in [0.2, 0.25) is 0 Å². The summed E-state index contributed by atoms with van der Waals surface area (Å²) in [6, 6.07) is 26.0. The largest absolute Gasteiger partial charge is 0.497 e. The van der Waals surface area contributed by atoms with Crippen LogP contribution in [0.25, 0.3) is 22.0 Å².